The van der Waals surface area contributed by atoms with Crippen molar-refractivity contribution in [2.75, 3.05) is 13.1 Å². The zero-order valence-corrected chi connectivity index (χ0v) is 24.4. The summed E-state index contributed by atoms with van der Waals surface area (Å²) in [4.78, 5) is 2.23. The van der Waals surface area contributed by atoms with Crippen molar-refractivity contribution in [3.63, 3.8) is 0 Å². The Kier molecular flexibility index (Phi) is 9.08. The predicted octanol–water partition coefficient (Wildman–Crippen LogP) is 7.09. The molecule has 0 saturated carbocycles. The van der Waals surface area contributed by atoms with Gasteiger partial charge in [-0.15, -0.1) is 0 Å². The molecule has 36 heavy (non-hydrogen) atoms. The van der Waals surface area contributed by atoms with Crippen LogP contribution >= 0.6 is 0 Å². The van der Waals surface area contributed by atoms with Crippen LogP contribution in [0.15, 0.2) is 42.5 Å². The van der Waals surface area contributed by atoms with Crippen molar-refractivity contribution in [1.82, 2.24) is 4.90 Å². The third-order valence-corrected chi connectivity index (χ3v) is 14.6. The number of aliphatic hydroxyl groups is 2. The molecule has 0 bridgehead atoms. The highest BCUT2D eigenvalue weighted by Gasteiger charge is 2.47. The highest BCUT2D eigenvalue weighted by Crippen LogP contribution is 2.44. The van der Waals surface area contributed by atoms with Crippen LogP contribution in [0.4, 0.5) is 4.39 Å². The molecule has 3 rings (SSSR count). The van der Waals surface area contributed by atoms with Crippen molar-refractivity contribution < 1.29 is 19.0 Å². The Balaban J connectivity index is 1.71. The molecule has 200 valence electrons. The van der Waals surface area contributed by atoms with Crippen molar-refractivity contribution in [2.45, 2.75) is 103 Å². The molecule has 2 aromatic rings. The average Bonchev–Trinajstić information content (AvgIpc) is 2.82. The van der Waals surface area contributed by atoms with Gasteiger partial charge in [0.05, 0.1) is 11.7 Å². The molecule has 1 aliphatic heterocycles. The number of aryl methyl sites for hydroxylation is 1. The lowest BCUT2D eigenvalue weighted by atomic mass is 9.83. The molecule has 1 heterocycles. The van der Waals surface area contributed by atoms with E-state index in [1.807, 2.05) is 19.1 Å². The molecular formula is C30H46FNO3Si. The number of rotatable bonds is 9. The van der Waals surface area contributed by atoms with Crippen molar-refractivity contribution in [1.29, 1.82) is 0 Å². The lowest BCUT2D eigenvalue weighted by Gasteiger charge is -2.43. The van der Waals surface area contributed by atoms with Crippen LogP contribution in [-0.2, 0) is 5.60 Å². The minimum atomic E-state index is -2.05. The summed E-state index contributed by atoms with van der Waals surface area (Å²) in [6, 6.07) is 12.2. The molecule has 1 unspecified atom stereocenters. The van der Waals surface area contributed by atoms with Crippen LogP contribution in [0.3, 0.4) is 0 Å². The van der Waals surface area contributed by atoms with E-state index in [1.54, 1.807) is 12.1 Å². The first kappa shape index (κ1) is 28.8. The first-order chi connectivity index (χ1) is 16.8. The molecule has 0 amide bonds. The fourth-order valence-electron chi connectivity index (χ4n) is 6.34. The first-order valence-electron chi connectivity index (χ1n) is 13.5. The Hall–Kier alpha value is -1.73. The van der Waals surface area contributed by atoms with E-state index in [1.165, 1.54) is 12.1 Å². The Bertz CT molecular complexity index is 978. The van der Waals surface area contributed by atoms with Gasteiger partial charge in [0.25, 0.3) is 8.32 Å². The Morgan fingerprint density at radius 3 is 1.89 bits per heavy atom. The third kappa shape index (κ3) is 5.72. The van der Waals surface area contributed by atoms with E-state index in [0.717, 1.165) is 22.4 Å². The second-order valence-electron chi connectivity index (χ2n) is 11.7. The van der Waals surface area contributed by atoms with Gasteiger partial charge >= 0.3 is 0 Å². The number of likely N-dealkylation sites (tertiary alicyclic amines) is 1. The number of aliphatic hydroxyl groups excluding tert-OH is 1. The van der Waals surface area contributed by atoms with Gasteiger partial charge in [0, 0.05) is 19.1 Å². The highest BCUT2D eigenvalue weighted by molar-refractivity contribution is 6.78. The second-order valence-corrected chi connectivity index (χ2v) is 17.1. The van der Waals surface area contributed by atoms with Crippen molar-refractivity contribution in [3.8, 4) is 5.75 Å². The molecule has 1 aliphatic rings. The SMILES string of the molecule is Cc1cc(C(O)[C@@H](C)N2CCC(O)(c3ccc(F)cc3)CC2)ccc1O[Si](C(C)C)(C(C)C)C(C)C. The minimum absolute atomic E-state index is 0.0932. The molecule has 0 aliphatic carbocycles. The van der Waals surface area contributed by atoms with E-state index in [2.05, 4.69) is 59.4 Å². The number of hydrogen-bond donors (Lipinski definition) is 2. The maximum absolute atomic E-state index is 13.3. The zero-order chi connectivity index (χ0) is 26.8. The number of benzene rings is 2. The molecule has 1 fully saturated rings. The number of hydrogen-bond acceptors (Lipinski definition) is 4. The summed E-state index contributed by atoms with van der Waals surface area (Å²) in [5.74, 6) is 0.637. The molecule has 1 saturated heterocycles. The lowest BCUT2D eigenvalue weighted by molar-refractivity contribution is -0.0502. The van der Waals surface area contributed by atoms with Gasteiger partial charge in [0.1, 0.15) is 11.6 Å². The van der Waals surface area contributed by atoms with Crippen molar-refractivity contribution in [3.05, 3.63) is 65.0 Å². The minimum Gasteiger partial charge on any atom is -0.543 e. The van der Waals surface area contributed by atoms with Gasteiger partial charge in [-0.1, -0.05) is 59.7 Å². The van der Waals surface area contributed by atoms with Gasteiger partial charge in [-0.3, -0.25) is 4.90 Å². The largest absolute Gasteiger partial charge is 0.543 e. The van der Waals surface area contributed by atoms with Crippen LogP contribution in [0.25, 0.3) is 0 Å². The van der Waals surface area contributed by atoms with E-state index in [4.69, 9.17) is 4.43 Å². The number of nitrogens with zero attached hydrogens (tertiary/aromatic N) is 1. The van der Waals surface area contributed by atoms with Crippen LogP contribution in [0.2, 0.25) is 16.6 Å². The quantitative estimate of drug-likeness (QED) is 0.350. The van der Waals surface area contributed by atoms with Crippen molar-refractivity contribution in [2.24, 2.45) is 0 Å². The Labute approximate surface area is 218 Å². The Morgan fingerprint density at radius 1 is 0.889 bits per heavy atom. The molecule has 0 radical (unpaired) electrons. The second kappa shape index (κ2) is 11.3. The molecular weight excluding hydrogens is 469 g/mol. The van der Waals surface area contributed by atoms with E-state index in [9.17, 15) is 14.6 Å². The number of halogens is 1. The topological polar surface area (TPSA) is 52.9 Å². The van der Waals surface area contributed by atoms with Crippen LogP contribution in [0.5, 0.6) is 5.75 Å². The average molecular weight is 516 g/mol. The maximum atomic E-state index is 13.3. The molecule has 6 heteroatoms. The molecule has 2 N–H and O–H groups in total. The van der Waals surface area contributed by atoms with Gasteiger partial charge in [0.2, 0.25) is 0 Å². The normalized spacial score (nSPS) is 18.6. The summed E-state index contributed by atoms with van der Waals surface area (Å²) in [7, 11) is -2.05. The van der Waals surface area contributed by atoms with Crippen LogP contribution in [0, 0.1) is 12.7 Å². The monoisotopic (exact) mass is 515 g/mol. The number of piperidine rings is 1. The van der Waals surface area contributed by atoms with Gasteiger partial charge in [-0.2, -0.15) is 0 Å². The summed E-state index contributed by atoms with van der Waals surface area (Å²) >= 11 is 0. The summed E-state index contributed by atoms with van der Waals surface area (Å²) < 4.78 is 20.2. The van der Waals surface area contributed by atoms with Crippen LogP contribution in [0.1, 0.15) is 84.1 Å². The van der Waals surface area contributed by atoms with Gasteiger partial charge < -0.3 is 14.6 Å². The smallest absolute Gasteiger partial charge is 0.258 e. The molecule has 0 spiro atoms. The van der Waals surface area contributed by atoms with E-state index in [-0.39, 0.29) is 11.9 Å². The first-order valence-corrected chi connectivity index (χ1v) is 15.7. The maximum Gasteiger partial charge on any atom is 0.258 e. The molecule has 4 nitrogen and oxygen atoms in total. The summed E-state index contributed by atoms with van der Waals surface area (Å²) in [6.45, 7) is 19.2. The molecule has 2 atom stereocenters. The fraction of sp³-hybridized carbons (Fsp3) is 0.600. The summed E-state index contributed by atoms with van der Waals surface area (Å²) in [5.41, 5.74) is 3.23. The zero-order valence-electron chi connectivity index (χ0n) is 23.4. The van der Waals surface area contributed by atoms with E-state index in [0.29, 0.717) is 42.6 Å². The highest BCUT2D eigenvalue weighted by atomic mass is 28.4. The summed E-state index contributed by atoms with van der Waals surface area (Å²) in [5, 5.41) is 22.4. The standard InChI is InChI=1S/C30H46FNO3Si/c1-20(2)36(21(3)4,22(5)6)35-28-14-9-25(19-23(28)7)29(33)24(8)32-17-15-30(34,16-18-32)26-10-12-27(31)13-11-26/h9-14,19-22,24,29,33-34H,15-18H2,1-8H3/t24-,29?/m1/s1. The van der Waals surface area contributed by atoms with E-state index < -0.39 is 20.0 Å². The molecule has 2 aromatic carbocycles. The third-order valence-electron chi connectivity index (χ3n) is 8.57. The fourth-order valence-corrected chi connectivity index (χ4v) is 11.7. The molecule has 0 aromatic heterocycles. The van der Waals surface area contributed by atoms with E-state index >= 15 is 0 Å². The van der Waals surface area contributed by atoms with Crippen LogP contribution in [-0.4, -0.2) is 42.6 Å². The predicted molar refractivity (Wildman–Crippen MR) is 148 cm³/mol. The summed E-state index contributed by atoms with van der Waals surface area (Å²) in [6.07, 6.45) is 0.457. The Morgan fingerprint density at radius 2 is 1.42 bits per heavy atom. The van der Waals surface area contributed by atoms with Gasteiger partial charge in [-0.05, 0) is 84.3 Å². The van der Waals surface area contributed by atoms with Crippen molar-refractivity contribution >= 4 is 8.32 Å². The lowest BCUT2D eigenvalue weighted by Crippen LogP contribution is -2.50. The van der Waals surface area contributed by atoms with Gasteiger partial charge in [-0.25, -0.2) is 4.39 Å². The van der Waals surface area contributed by atoms with Crippen LogP contribution < -0.4 is 4.43 Å². The van der Waals surface area contributed by atoms with Gasteiger partial charge in [0.15, 0.2) is 0 Å².